The minimum Gasteiger partial charge on any atom is -0.481 e. The van der Waals surface area contributed by atoms with Crippen LogP contribution in [0.2, 0.25) is 0 Å². The zero-order chi connectivity index (χ0) is 18.2. The van der Waals surface area contributed by atoms with Gasteiger partial charge in [-0.25, -0.2) is 9.18 Å². The number of rotatable bonds is 6. The predicted molar refractivity (Wildman–Crippen MR) is 90.3 cm³/mol. The second-order valence-corrected chi connectivity index (χ2v) is 5.62. The number of hydrogen-bond acceptors (Lipinski definition) is 5. The Morgan fingerprint density at radius 3 is 2.72 bits per heavy atom. The van der Waals surface area contributed by atoms with E-state index in [0.717, 1.165) is 0 Å². The quantitative estimate of drug-likeness (QED) is 0.744. The molecule has 1 N–H and O–H groups in total. The number of esters is 1. The number of carbonyl (C=O) groups excluding carboxylic acids is 2. The topological polar surface area (TPSA) is 88.4 Å². The molecule has 0 spiro atoms. The van der Waals surface area contributed by atoms with Gasteiger partial charge in [-0.15, -0.1) is 0 Å². The van der Waals surface area contributed by atoms with E-state index in [-0.39, 0.29) is 5.75 Å². The van der Waals surface area contributed by atoms with Crippen molar-refractivity contribution in [3.05, 3.63) is 58.3 Å². The Labute approximate surface area is 151 Å². The normalized spacial score (nSPS) is 9.80. The number of benzene rings is 2. The van der Waals surface area contributed by atoms with E-state index in [9.17, 15) is 14.0 Å². The molecule has 0 radical (unpaired) electrons. The van der Waals surface area contributed by atoms with Gasteiger partial charge in [0.2, 0.25) is 0 Å². The van der Waals surface area contributed by atoms with Crippen LogP contribution in [0.4, 0.5) is 10.1 Å². The minimum atomic E-state index is -0.753. The average Bonchev–Trinajstić information content (AvgIpc) is 2.59. The lowest BCUT2D eigenvalue weighted by atomic mass is 10.2. The van der Waals surface area contributed by atoms with E-state index in [4.69, 9.17) is 14.7 Å². The monoisotopic (exact) mass is 406 g/mol. The van der Waals surface area contributed by atoms with Crippen LogP contribution in [0.3, 0.4) is 0 Å². The van der Waals surface area contributed by atoms with Crippen molar-refractivity contribution in [1.82, 2.24) is 0 Å². The summed E-state index contributed by atoms with van der Waals surface area (Å²) < 4.78 is 23.3. The SMILES string of the molecule is N#Cc1cccc(NC(=O)COC(=O)COc2ccc(F)cc2Br)c1. The molecule has 2 rings (SSSR count). The van der Waals surface area contributed by atoms with Gasteiger partial charge in [-0.1, -0.05) is 6.07 Å². The van der Waals surface area contributed by atoms with E-state index >= 15 is 0 Å². The molecule has 0 aromatic heterocycles. The first-order valence-electron chi connectivity index (χ1n) is 7.01. The molecule has 0 saturated heterocycles. The molecule has 0 saturated carbocycles. The standard InChI is InChI=1S/C17H12BrFN2O4/c18-14-7-12(19)4-5-15(14)24-10-17(23)25-9-16(22)21-13-3-1-2-11(6-13)8-20/h1-7H,9-10H2,(H,21,22). The van der Waals surface area contributed by atoms with Crippen LogP contribution in [0, 0.1) is 17.1 Å². The summed E-state index contributed by atoms with van der Waals surface area (Å²) in [6.07, 6.45) is 0. The van der Waals surface area contributed by atoms with Gasteiger partial charge in [0.05, 0.1) is 16.1 Å². The molecule has 8 heteroatoms. The van der Waals surface area contributed by atoms with Crippen LogP contribution in [0.5, 0.6) is 5.75 Å². The number of nitrogens with zero attached hydrogens (tertiary/aromatic N) is 1. The van der Waals surface area contributed by atoms with E-state index in [1.165, 1.54) is 24.3 Å². The average molecular weight is 407 g/mol. The van der Waals surface area contributed by atoms with Crippen molar-refractivity contribution >= 4 is 33.5 Å². The van der Waals surface area contributed by atoms with Crippen molar-refractivity contribution in [3.63, 3.8) is 0 Å². The fourth-order valence-electron chi connectivity index (χ4n) is 1.78. The molecule has 0 aliphatic carbocycles. The first-order valence-corrected chi connectivity index (χ1v) is 7.80. The molecule has 0 atom stereocenters. The summed E-state index contributed by atoms with van der Waals surface area (Å²) in [6, 6.07) is 12.0. The molecule has 0 bridgehead atoms. The van der Waals surface area contributed by atoms with Gasteiger partial charge in [0.15, 0.2) is 13.2 Å². The molecule has 0 heterocycles. The van der Waals surface area contributed by atoms with Crippen LogP contribution in [-0.4, -0.2) is 25.1 Å². The second kappa shape index (κ2) is 8.80. The molecular weight excluding hydrogens is 395 g/mol. The van der Waals surface area contributed by atoms with Gasteiger partial charge in [0, 0.05) is 5.69 Å². The number of ether oxygens (including phenoxy) is 2. The van der Waals surface area contributed by atoms with Crippen molar-refractivity contribution in [3.8, 4) is 11.8 Å². The van der Waals surface area contributed by atoms with Crippen LogP contribution < -0.4 is 10.1 Å². The van der Waals surface area contributed by atoms with Crippen molar-refractivity contribution in [1.29, 1.82) is 5.26 Å². The first kappa shape index (κ1) is 18.4. The lowest BCUT2D eigenvalue weighted by Gasteiger charge is -2.09. The fraction of sp³-hybridized carbons (Fsp3) is 0.118. The second-order valence-electron chi connectivity index (χ2n) is 4.76. The Bertz CT molecular complexity index is 836. The molecule has 1 amide bonds. The maximum atomic E-state index is 12.9. The van der Waals surface area contributed by atoms with E-state index in [2.05, 4.69) is 21.2 Å². The summed E-state index contributed by atoms with van der Waals surface area (Å²) in [5.74, 6) is -1.47. The Morgan fingerprint density at radius 1 is 1.20 bits per heavy atom. The minimum absolute atomic E-state index is 0.274. The smallest absolute Gasteiger partial charge is 0.344 e. The van der Waals surface area contributed by atoms with Crippen molar-refractivity contribution in [2.75, 3.05) is 18.5 Å². The Balaban J connectivity index is 1.77. The fourth-order valence-corrected chi connectivity index (χ4v) is 2.25. The Hall–Kier alpha value is -2.92. The molecule has 6 nitrogen and oxygen atoms in total. The van der Waals surface area contributed by atoms with E-state index in [0.29, 0.717) is 15.7 Å². The van der Waals surface area contributed by atoms with Crippen LogP contribution in [-0.2, 0) is 14.3 Å². The van der Waals surface area contributed by atoms with Gasteiger partial charge in [-0.05, 0) is 52.3 Å². The van der Waals surface area contributed by atoms with Crippen LogP contribution in [0.1, 0.15) is 5.56 Å². The number of hydrogen-bond donors (Lipinski definition) is 1. The van der Waals surface area contributed by atoms with Crippen LogP contribution in [0.25, 0.3) is 0 Å². The summed E-state index contributed by atoms with van der Waals surface area (Å²) in [5.41, 5.74) is 0.819. The number of nitriles is 1. The van der Waals surface area contributed by atoms with Crippen LogP contribution in [0.15, 0.2) is 46.9 Å². The molecule has 2 aromatic carbocycles. The zero-order valence-electron chi connectivity index (χ0n) is 12.8. The molecule has 0 aliphatic rings. The number of anilines is 1. The van der Waals surface area contributed by atoms with Crippen LogP contribution >= 0.6 is 15.9 Å². The van der Waals surface area contributed by atoms with Gasteiger partial charge in [0.25, 0.3) is 5.91 Å². The maximum absolute atomic E-state index is 12.9. The summed E-state index contributed by atoms with van der Waals surface area (Å²) in [6.45, 7) is -0.926. The largest absolute Gasteiger partial charge is 0.481 e. The Morgan fingerprint density at radius 2 is 2.00 bits per heavy atom. The highest BCUT2D eigenvalue weighted by molar-refractivity contribution is 9.10. The summed E-state index contributed by atoms with van der Waals surface area (Å²) in [4.78, 5) is 23.3. The molecule has 0 unspecified atom stereocenters. The third kappa shape index (κ3) is 5.90. The van der Waals surface area contributed by atoms with E-state index in [1.54, 1.807) is 18.2 Å². The molecule has 0 fully saturated rings. The highest BCUT2D eigenvalue weighted by Gasteiger charge is 2.10. The number of amides is 1. The molecule has 2 aromatic rings. The summed E-state index contributed by atoms with van der Waals surface area (Å²) >= 11 is 3.10. The van der Waals surface area contributed by atoms with Gasteiger partial charge in [-0.2, -0.15) is 5.26 Å². The zero-order valence-corrected chi connectivity index (χ0v) is 14.4. The molecule has 25 heavy (non-hydrogen) atoms. The molecule has 128 valence electrons. The van der Waals surface area contributed by atoms with E-state index in [1.807, 2.05) is 6.07 Å². The molecule has 0 aliphatic heterocycles. The number of halogens is 2. The third-order valence-corrected chi connectivity index (χ3v) is 3.50. The lowest BCUT2D eigenvalue weighted by Crippen LogP contribution is -2.23. The van der Waals surface area contributed by atoms with Gasteiger partial charge in [0.1, 0.15) is 11.6 Å². The highest BCUT2D eigenvalue weighted by atomic mass is 79.9. The van der Waals surface area contributed by atoms with Gasteiger partial charge in [-0.3, -0.25) is 4.79 Å². The highest BCUT2D eigenvalue weighted by Crippen LogP contribution is 2.25. The first-order chi connectivity index (χ1) is 12.0. The van der Waals surface area contributed by atoms with E-state index < -0.39 is 30.9 Å². The predicted octanol–water partition coefficient (Wildman–Crippen LogP) is 3.02. The molecular formula is C17H12BrFN2O4. The van der Waals surface area contributed by atoms with Crippen molar-refractivity contribution in [2.45, 2.75) is 0 Å². The third-order valence-electron chi connectivity index (χ3n) is 2.88. The van der Waals surface area contributed by atoms with Crippen molar-refractivity contribution < 1.29 is 23.5 Å². The summed E-state index contributed by atoms with van der Waals surface area (Å²) in [7, 11) is 0. The summed E-state index contributed by atoms with van der Waals surface area (Å²) in [5, 5.41) is 11.3. The number of nitrogens with one attached hydrogen (secondary N) is 1. The maximum Gasteiger partial charge on any atom is 0.344 e. The number of carbonyl (C=O) groups is 2. The van der Waals surface area contributed by atoms with Crippen molar-refractivity contribution in [2.24, 2.45) is 0 Å². The lowest BCUT2D eigenvalue weighted by molar-refractivity contribution is -0.149. The van der Waals surface area contributed by atoms with Gasteiger partial charge >= 0.3 is 5.97 Å². The van der Waals surface area contributed by atoms with Gasteiger partial charge < -0.3 is 14.8 Å². The Kier molecular flexibility index (Phi) is 6.48.